The standard InChI is InChI=1S/C8H8BrN3/c1-5-7-3-6(9)4-10-8(7)11-12(5)2/h3-4H,1-2H3. The summed E-state index contributed by atoms with van der Waals surface area (Å²) in [4.78, 5) is 4.18. The predicted molar refractivity (Wildman–Crippen MR) is 50.9 cm³/mol. The zero-order valence-corrected chi connectivity index (χ0v) is 8.46. The van der Waals surface area contributed by atoms with Gasteiger partial charge in [0, 0.05) is 28.8 Å². The summed E-state index contributed by atoms with van der Waals surface area (Å²) in [5.41, 5.74) is 1.94. The van der Waals surface area contributed by atoms with E-state index in [2.05, 4.69) is 26.0 Å². The number of nitrogens with zero attached hydrogens (tertiary/aromatic N) is 3. The molecule has 3 nitrogen and oxygen atoms in total. The van der Waals surface area contributed by atoms with Crippen LogP contribution in [-0.2, 0) is 7.05 Å². The fraction of sp³-hybridized carbons (Fsp3) is 0.250. The van der Waals surface area contributed by atoms with Crippen molar-refractivity contribution < 1.29 is 0 Å². The van der Waals surface area contributed by atoms with Crippen molar-refractivity contribution >= 4 is 27.0 Å². The largest absolute Gasteiger partial charge is 0.270 e. The first-order chi connectivity index (χ1) is 5.68. The third-order valence-corrected chi connectivity index (χ3v) is 2.39. The summed E-state index contributed by atoms with van der Waals surface area (Å²) in [6, 6.07) is 2.03. The quantitative estimate of drug-likeness (QED) is 0.688. The van der Waals surface area contributed by atoms with Crippen molar-refractivity contribution in [1.29, 1.82) is 0 Å². The van der Waals surface area contributed by atoms with E-state index in [1.807, 2.05) is 24.7 Å². The average molecular weight is 226 g/mol. The predicted octanol–water partition coefficient (Wildman–Crippen LogP) is 2.04. The molecule has 0 amide bonds. The maximum absolute atomic E-state index is 4.24. The molecule has 2 aromatic rings. The molecule has 0 N–H and O–H groups in total. The lowest BCUT2D eigenvalue weighted by Crippen LogP contribution is -1.91. The monoisotopic (exact) mass is 225 g/mol. The average Bonchev–Trinajstić information content (AvgIpc) is 2.31. The summed E-state index contributed by atoms with van der Waals surface area (Å²) in [5, 5.41) is 5.34. The SMILES string of the molecule is Cc1c2cc(Br)cnc2nn1C. The summed E-state index contributed by atoms with van der Waals surface area (Å²) < 4.78 is 2.83. The summed E-state index contributed by atoms with van der Waals surface area (Å²) in [7, 11) is 1.92. The van der Waals surface area contributed by atoms with E-state index in [1.54, 1.807) is 6.20 Å². The van der Waals surface area contributed by atoms with Crippen LogP contribution in [0.3, 0.4) is 0 Å². The van der Waals surface area contributed by atoms with Crippen molar-refractivity contribution in [1.82, 2.24) is 14.8 Å². The summed E-state index contributed by atoms with van der Waals surface area (Å²) in [6.07, 6.45) is 1.76. The van der Waals surface area contributed by atoms with Crippen molar-refractivity contribution in [2.75, 3.05) is 0 Å². The molecular weight excluding hydrogens is 218 g/mol. The molecule has 0 fully saturated rings. The molecule has 0 saturated heterocycles. The zero-order chi connectivity index (χ0) is 8.72. The van der Waals surface area contributed by atoms with Gasteiger partial charge in [-0.2, -0.15) is 5.10 Å². The molecule has 2 aromatic heterocycles. The highest BCUT2D eigenvalue weighted by Crippen LogP contribution is 2.18. The molecule has 0 bridgehead atoms. The molecule has 0 radical (unpaired) electrons. The minimum Gasteiger partial charge on any atom is -0.270 e. The minimum absolute atomic E-state index is 0.804. The van der Waals surface area contributed by atoms with Crippen molar-refractivity contribution in [2.24, 2.45) is 7.05 Å². The van der Waals surface area contributed by atoms with Crippen LogP contribution >= 0.6 is 15.9 Å². The van der Waals surface area contributed by atoms with E-state index in [9.17, 15) is 0 Å². The molecule has 12 heavy (non-hydrogen) atoms. The van der Waals surface area contributed by atoms with Gasteiger partial charge in [-0.25, -0.2) is 4.98 Å². The molecule has 0 saturated carbocycles. The van der Waals surface area contributed by atoms with Crippen LogP contribution in [0.2, 0.25) is 0 Å². The van der Waals surface area contributed by atoms with Crippen molar-refractivity contribution in [3.05, 3.63) is 22.4 Å². The second-order valence-corrected chi connectivity index (χ2v) is 3.65. The van der Waals surface area contributed by atoms with Crippen LogP contribution < -0.4 is 0 Å². The van der Waals surface area contributed by atoms with Crippen LogP contribution in [0.4, 0.5) is 0 Å². The summed E-state index contributed by atoms with van der Waals surface area (Å²) in [6.45, 7) is 2.03. The third-order valence-electron chi connectivity index (χ3n) is 1.95. The smallest absolute Gasteiger partial charge is 0.181 e. The molecule has 62 valence electrons. The molecule has 2 rings (SSSR count). The van der Waals surface area contributed by atoms with E-state index in [0.29, 0.717) is 0 Å². The van der Waals surface area contributed by atoms with E-state index in [1.165, 1.54) is 0 Å². The van der Waals surface area contributed by atoms with Crippen LogP contribution in [0.25, 0.3) is 11.0 Å². The highest BCUT2D eigenvalue weighted by atomic mass is 79.9. The summed E-state index contributed by atoms with van der Waals surface area (Å²) >= 11 is 3.38. The number of aryl methyl sites for hydroxylation is 2. The van der Waals surface area contributed by atoms with Crippen LogP contribution in [0, 0.1) is 6.92 Å². The number of fused-ring (bicyclic) bond motifs is 1. The molecule has 4 heteroatoms. The van der Waals surface area contributed by atoms with Crippen LogP contribution in [0.5, 0.6) is 0 Å². The van der Waals surface area contributed by atoms with Gasteiger partial charge in [0.25, 0.3) is 0 Å². The Hall–Kier alpha value is -0.900. The third kappa shape index (κ3) is 1.03. The lowest BCUT2D eigenvalue weighted by molar-refractivity contribution is 0.748. The van der Waals surface area contributed by atoms with Crippen molar-refractivity contribution in [3.63, 3.8) is 0 Å². The second kappa shape index (κ2) is 2.55. The Balaban J connectivity index is 2.88. The van der Waals surface area contributed by atoms with Gasteiger partial charge in [0.2, 0.25) is 0 Å². The Morgan fingerprint density at radius 1 is 1.50 bits per heavy atom. The molecule has 0 aliphatic heterocycles. The number of hydrogen-bond acceptors (Lipinski definition) is 2. The molecule has 0 aliphatic carbocycles. The Kier molecular flexibility index (Phi) is 1.65. The molecule has 0 aromatic carbocycles. The number of hydrogen-bond donors (Lipinski definition) is 0. The lowest BCUT2D eigenvalue weighted by atomic mass is 10.3. The molecular formula is C8H8BrN3. The normalized spacial score (nSPS) is 10.9. The summed E-state index contributed by atoms with van der Waals surface area (Å²) in [5.74, 6) is 0. The molecule has 0 aliphatic rings. The van der Waals surface area contributed by atoms with Gasteiger partial charge in [-0.05, 0) is 28.9 Å². The van der Waals surface area contributed by atoms with E-state index in [4.69, 9.17) is 0 Å². The van der Waals surface area contributed by atoms with E-state index < -0.39 is 0 Å². The van der Waals surface area contributed by atoms with Gasteiger partial charge in [-0.15, -0.1) is 0 Å². The van der Waals surface area contributed by atoms with Gasteiger partial charge < -0.3 is 0 Å². The van der Waals surface area contributed by atoms with Crippen molar-refractivity contribution in [2.45, 2.75) is 6.92 Å². The molecule has 0 spiro atoms. The minimum atomic E-state index is 0.804. The first-order valence-electron chi connectivity index (χ1n) is 3.63. The lowest BCUT2D eigenvalue weighted by Gasteiger charge is -1.91. The number of rotatable bonds is 0. The fourth-order valence-electron chi connectivity index (χ4n) is 1.17. The van der Waals surface area contributed by atoms with Gasteiger partial charge >= 0.3 is 0 Å². The van der Waals surface area contributed by atoms with Crippen LogP contribution in [0.1, 0.15) is 5.69 Å². The van der Waals surface area contributed by atoms with Gasteiger partial charge in [0.05, 0.1) is 0 Å². The van der Waals surface area contributed by atoms with E-state index in [-0.39, 0.29) is 0 Å². The van der Waals surface area contributed by atoms with E-state index in [0.717, 1.165) is 21.2 Å². The van der Waals surface area contributed by atoms with Gasteiger partial charge in [0.15, 0.2) is 5.65 Å². The molecule has 0 atom stereocenters. The van der Waals surface area contributed by atoms with E-state index >= 15 is 0 Å². The number of pyridine rings is 1. The Morgan fingerprint density at radius 3 is 3.00 bits per heavy atom. The fourth-order valence-corrected chi connectivity index (χ4v) is 1.50. The first kappa shape index (κ1) is 7.73. The number of halogens is 1. The van der Waals surface area contributed by atoms with Gasteiger partial charge in [0.1, 0.15) is 0 Å². The van der Waals surface area contributed by atoms with Crippen molar-refractivity contribution in [3.8, 4) is 0 Å². The maximum Gasteiger partial charge on any atom is 0.181 e. The second-order valence-electron chi connectivity index (χ2n) is 2.73. The number of aromatic nitrogens is 3. The zero-order valence-electron chi connectivity index (χ0n) is 6.87. The Bertz CT molecular complexity index is 433. The van der Waals surface area contributed by atoms with Gasteiger partial charge in [-0.1, -0.05) is 0 Å². The van der Waals surface area contributed by atoms with Gasteiger partial charge in [-0.3, -0.25) is 4.68 Å². The Morgan fingerprint density at radius 2 is 2.25 bits per heavy atom. The molecule has 2 heterocycles. The van der Waals surface area contributed by atoms with Crippen LogP contribution in [-0.4, -0.2) is 14.8 Å². The maximum atomic E-state index is 4.24. The molecule has 0 unspecified atom stereocenters. The van der Waals surface area contributed by atoms with Crippen LogP contribution in [0.15, 0.2) is 16.7 Å². The topological polar surface area (TPSA) is 30.7 Å². The highest BCUT2D eigenvalue weighted by Gasteiger charge is 2.04. The first-order valence-corrected chi connectivity index (χ1v) is 4.42. The Labute approximate surface area is 78.5 Å². The highest BCUT2D eigenvalue weighted by molar-refractivity contribution is 9.10.